The Hall–Kier alpha value is 0.480. The molecule has 1 atom stereocenters. The number of rotatable bonds is 6. The highest BCUT2D eigenvalue weighted by Crippen LogP contribution is 2.32. The first-order valence-electron chi connectivity index (χ1n) is 5.10. The van der Waals surface area contributed by atoms with Crippen molar-refractivity contribution in [2.45, 2.75) is 53.4 Å². The zero-order valence-electron chi connectivity index (χ0n) is 8.99. The number of hydrogen-bond acceptors (Lipinski definition) is 0. The topological polar surface area (TPSA) is 0 Å². The third kappa shape index (κ3) is 5.18. The average molecular weight is 235 g/mol. The van der Waals surface area contributed by atoms with Gasteiger partial charge in [-0.15, -0.1) is 0 Å². The summed E-state index contributed by atoms with van der Waals surface area (Å²) < 4.78 is 0. The highest BCUT2D eigenvalue weighted by atomic mass is 79.9. The van der Waals surface area contributed by atoms with Crippen molar-refractivity contribution >= 4 is 15.9 Å². The van der Waals surface area contributed by atoms with E-state index in [0.29, 0.717) is 5.41 Å². The molecule has 0 nitrogen and oxygen atoms in total. The van der Waals surface area contributed by atoms with Gasteiger partial charge in [0.2, 0.25) is 0 Å². The highest BCUT2D eigenvalue weighted by molar-refractivity contribution is 9.09. The van der Waals surface area contributed by atoms with Crippen molar-refractivity contribution in [1.82, 2.24) is 0 Å². The van der Waals surface area contributed by atoms with E-state index in [1.165, 1.54) is 25.7 Å². The third-order valence-electron chi connectivity index (χ3n) is 2.50. The maximum absolute atomic E-state index is 3.62. The van der Waals surface area contributed by atoms with E-state index in [2.05, 4.69) is 43.6 Å². The minimum Gasteiger partial charge on any atom is -0.0922 e. The molecule has 0 rings (SSSR count). The van der Waals surface area contributed by atoms with E-state index >= 15 is 0 Å². The lowest BCUT2D eigenvalue weighted by atomic mass is 9.81. The number of halogens is 1. The average Bonchev–Trinajstić information content (AvgIpc) is 2.02. The van der Waals surface area contributed by atoms with Crippen LogP contribution in [-0.2, 0) is 0 Å². The van der Waals surface area contributed by atoms with E-state index in [4.69, 9.17) is 0 Å². The molecule has 74 valence electrons. The molecule has 0 aliphatic heterocycles. The maximum atomic E-state index is 3.62. The Morgan fingerprint density at radius 2 is 1.83 bits per heavy atom. The third-order valence-corrected chi connectivity index (χ3v) is 3.86. The van der Waals surface area contributed by atoms with Crippen LogP contribution in [0, 0.1) is 11.3 Å². The molecule has 0 fully saturated rings. The van der Waals surface area contributed by atoms with Gasteiger partial charge in [0.05, 0.1) is 0 Å². The van der Waals surface area contributed by atoms with Gasteiger partial charge < -0.3 is 0 Å². The van der Waals surface area contributed by atoms with Gasteiger partial charge in [-0.25, -0.2) is 0 Å². The highest BCUT2D eigenvalue weighted by Gasteiger charge is 2.21. The molecule has 0 heterocycles. The predicted molar refractivity (Wildman–Crippen MR) is 60.9 cm³/mol. The van der Waals surface area contributed by atoms with Crippen molar-refractivity contribution in [3.8, 4) is 0 Å². The first-order valence-corrected chi connectivity index (χ1v) is 6.22. The van der Waals surface area contributed by atoms with Gasteiger partial charge in [-0.3, -0.25) is 0 Å². The summed E-state index contributed by atoms with van der Waals surface area (Å²) in [5, 5.41) is 1.15. The molecule has 0 amide bonds. The molecule has 0 N–H and O–H groups in total. The van der Waals surface area contributed by atoms with Gasteiger partial charge in [0, 0.05) is 5.33 Å². The standard InChI is InChI=1S/C11H23Br/c1-5-7-11(4,9-12)8-6-10(2)3/h10H,5-9H2,1-4H3. The van der Waals surface area contributed by atoms with Crippen LogP contribution in [0.15, 0.2) is 0 Å². The molecule has 0 aromatic rings. The molecule has 12 heavy (non-hydrogen) atoms. The Bertz CT molecular complexity index is 110. The summed E-state index contributed by atoms with van der Waals surface area (Å²) in [6.07, 6.45) is 5.39. The van der Waals surface area contributed by atoms with Crippen molar-refractivity contribution in [1.29, 1.82) is 0 Å². The van der Waals surface area contributed by atoms with Crippen LogP contribution in [0.4, 0.5) is 0 Å². The van der Waals surface area contributed by atoms with Gasteiger partial charge in [-0.1, -0.05) is 56.5 Å². The van der Waals surface area contributed by atoms with E-state index in [0.717, 1.165) is 11.2 Å². The van der Waals surface area contributed by atoms with Crippen molar-refractivity contribution in [2.75, 3.05) is 5.33 Å². The summed E-state index contributed by atoms with van der Waals surface area (Å²) in [5.74, 6) is 0.847. The molecule has 0 saturated heterocycles. The fourth-order valence-corrected chi connectivity index (χ4v) is 2.06. The van der Waals surface area contributed by atoms with Crippen LogP contribution >= 0.6 is 15.9 Å². The largest absolute Gasteiger partial charge is 0.0922 e. The number of hydrogen-bond donors (Lipinski definition) is 0. The summed E-state index contributed by atoms with van der Waals surface area (Å²) in [6.45, 7) is 9.28. The van der Waals surface area contributed by atoms with E-state index in [1.54, 1.807) is 0 Å². The van der Waals surface area contributed by atoms with Crippen LogP contribution in [0.2, 0.25) is 0 Å². The molecule has 0 aromatic heterocycles. The van der Waals surface area contributed by atoms with Gasteiger partial charge in [0.15, 0.2) is 0 Å². The fraction of sp³-hybridized carbons (Fsp3) is 1.00. The van der Waals surface area contributed by atoms with E-state index in [9.17, 15) is 0 Å². The minimum absolute atomic E-state index is 0.541. The molecule has 0 saturated carbocycles. The van der Waals surface area contributed by atoms with Gasteiger partial charge in [-0.2, -0.15) is 0 Å². The summed E-state index contributed by atoms with van der Waals surface area (Å²) in [4.78, 5) is 0. The maximum Gasteiger partial charge on any atom is 0.00853 e. The Balaban J connectivity index is 3.78. The lowest BCUT2D eigenvalue weighted by Gasteiger charge is -2.27. The van der Waals surface area contributed by atoms with Gasteiger partial charge >= 0.3 is 0 Å². The molecule has 0 aromatic carbocycles. The summed E-state index contributed by atoms with van der Waals surface area (Å²) >= 11 is 3.62. The van der Waals surface area contributed by atoms with Gasteiger partial charge in [0.1, 0.15) is 0 Å². The predicted octanol–water partition coefficient (Wildman–Crippen LogP) is 4.62. The smallest absolute Gasteiger partial charge is 0.00853 e. The molecule has 0 aliphatic rings. The molecule has 0 radical (unpaired) electrons. The van der Waals surface area contributed by atoms with E-state index in [-0.39, 0.29) is 0 Å². The summed E-state index contributed by atoms with van der Waals surface area (Å²) in [6, 6.07) is 0. The van der Waals surface area contributed by atoms with Gasteiger partial charge in [0.25, 0.3) is 0 Å². The fourth-order valence-electron chi connectivity index (χ4n) is 1.50. The van der Waals surface area contributed by atoms with Crippen molar-refractivity contribution in [3.63, 3.8) is 0 Å². The van der Waals surface area contributed by atoms with Gasteiger partial charge in [-0.05, 0) is 24.2 Å². The second kappa shape index (κ2) is 6.01. The Morgan fingerprint density at radius 3 is 2.17 bits per heavy atom. The van der Waals surface area contributed by atoms with E-state index < -0.39 is 0 Å². The Labute approximate surface area is 86.3 Å². The minimum atomic E-state index is 0.541. The molecular weight excluding hydrogens is 212 g/mol. The van der Waals surface area contributed by atoms with Crippen LogP contribution < -0.4 is 0 Å². The molecule has 0 aliphatic carbocycles. The van der Waals surface area contributed by atoms with Crippen LogP contribution in [0.3, 0.4) is 0 Å². The normalized spacial score (nSPS) is 16.5. The zero-order chi connectivity index (χ0) is 9.61. The van der Waals surface area contributed by atoms with E-state index in [1.807, 2.05) is 0 Å². The second-order valence-corrected chi connectivity index (χ2v) is 5.19. The summed E-state index contributed by atoms with van der Waals surface area (Å²) in [7, 11) is 0. The second-order valence-electron chi connectivity index (χ2n) is 4.63. The first-order chi connectivity index (χ1) is 5.54. The van der Waals surface area contributed by atoms with Crippen molar-refractivity contribution < 1.29 is 0 Å². The summed E-state index contributed by atoms with van der Waals surface area (Å²) in [5.41, 5.74) is 0.541. The first kappa shape index (κ1) is 12.5. The van der Waals surface area contributed by atoms with Crippen molar-refractivity contribution in [2.24, 2.45) is 11.3 Å². The zero-order valence-corrected chi connectivity index (χ0v) is 10.6. The molecule has 1 heteroatoms. The van der Waals surface area contributed by atoms with Crippen LogP contribution in [-0.4, -0.2) is 5.33 Å². The Morgan fingerprint density at radius 1 is 1.25 bits per heavy atom. The van der Waals surface area contributed by atoms with Crippen LogP contribution in [0.5, 0.6) is 0 Å². The molecule has 1 unspecified atom stereocenters. The lowest BCUT2D eigenvalue weighted by molar-refractivity contribution is 0.288. The SMILES string of the molecule is CCCC(C)(CBr)CCC(C)C. The monoisotopic (exact) mass is 234 g/mol. The van der Waals surface area contributed by atoms with Crippen LogP contribution in [0.25, 0.3) is 0 Å². The molecular formula is C11H23Br. The number of alkyl halides is 1. The van der Waals surface area contributed by atoms with Crippen LogP contribution in [0.1, 0.15) is 53.4 Å². The van der Waals surface area contributed by atoms with Crippen molar-refractivity contribution in [3.05, 3.63) is 0 Å². The quantitative estimate of drug-likeness (QED) is 0.589. The molecule has 0 spiro atoms. The lowest BCUT2D eigenvalue weighted by Crippen LogP contribution is -2.18. The Kier molecular flexibility index (Phi) is 6.25. The molecule has 0 bridgehead atoms.